The first-order valence-corrected chi connectivity index (χ1v) is 5.00. The molecule has 84 valence electrons. The molecule has 6 nitrogen and oxygen atoms in total. The van der Waals surface area contributed by atoms with Crippen LogP contribution >= 0.6 is 0 Å². The van der Waals surface area contributed by atoms with Crippen molar-refractivity contribution in [2.24, 2.45) is 7.05 Å². The Morgan fingerprint density at radius 2 is 2.33 bits per heavy atom. The van der Waals surface area contributed by atoms with Gasteiger partial charge in [-0.3, -0.25) is 4.68 Å². The molecule has 1 aliphatic rings. The second-order valence-corrected chi connectivity index (χ2v) is 3.65. The van der Waals surface area contributed by atoms with Crippen LogP contribution in [0, 0.1) is 0 Å². The predicted octanol–water partition coefficient (Wildman–Crippen LogP) is -0.519. The molecular formula is C9H15N3O3. The fourth-order valence-electron chi connectivity index (χ4n) is 1.58. The number of hydrogen-bond donors (Lipinski definition) is 1. The van der Waals surface area contributed by atoms with E-state index in [1.54, 1.807) is 17.9 Å². The zero-order valence-electron chi connectivity index (χ0n) is 8.67. The minimum Gasteiger partial charge on any atom is -0.393 e. The van der Waals surface area contributed by atoms with Gasteiger partial charge in [0, 0.05) is 26.1 Å². The Hall–Kier alpha value is -0.980. The van der Waals surface area contributed by atoms with E-state index in [-0.39, 0.29) is 6.29 Å². The Kier molecular flexibility index (Phi) is 3.30. The fraction of sp³-hybridized carbons (Fsp3) is 0.778. The minimum atomic E-state index is -0.496. The van der Waals surface area contributed by atoms with Crippen molar-refractivity contribution >= 4 is 0 Å². The number of aromatic nitrogens is 3. The molecule has 15 heavy (non-hydrogen) atoms. The topological polar surface area (TPSA) is 69.4 Å². The quantitative estimate of drug-likeness (QED) is 0.729. The largest absolute Gasteiger partial charge is 0.393 e. The van der Waals surface area contributed by atoms with Crippen molar-refractivity contribution in [1.29, 1.82) is 0 Å². The number of aryl methyl sites for hydroxylation is 1. The Bertz CT molecular complexity index is 309. The fourth-order valence-corrected chi connectivity index (χ4v) is 1.58. The molecule has 0 saturated carbocycles. The van der Waals surface area contributed by atoms with Crippen LogP contribution in [0.5, 0.6) is 0 Å². The van der Waals surface area contributed by atoms with Crippen molar-refractivity contribution in [2.75, 3.05) is 13.2 Å². The molecule has 0 radical (unpaired) electrons. The van der Waals surface area contributed by atoms with Crippen LogP contribution in [-0.4, -0.2) is 45.7 Å². The van der Waals surface area contributed by atoms with Gasteiger partial charge >= 0.3 is 0 Å². The lowest BCUT2D eigenvalue weighted by atomic mass is 10.1. The van der Waals surface area contributed by atoms with E-state index in [9.17, 15) is 5.11 Å². The molecule has 0 aliphatic carbocycles. The molecule has 0 spiro atoms. The number of nitrogens with zero attached hydrogens (tertiary/aromatic N) is 3. The second kappa shape index (κ2) is 4.69. The smallest absolute Gasteiger partial charge is 0.160 e. The van der Waals surface area contributed by atoms with Crippen LogP contribution in [0.2, 0.25) is 0 Å². The lowest BCUT2D eigenvalue weighted by molar-refractivity contribution is -0.0699. The molecule has 1 aromatic rings. The summed E-state index contributed by atoms with van der Waals surface area (Å²) in [5.41, 5.74) is 0.781. The SMILES string of the molecule is Cn1cc(CC(O)CC2OCCO2)nn1. The van der Waals surface area contributed by atoms with Crippen LogP contribution in [0.25, 0.3) is 0 Å². The summed E-state index contributed by atoms with van der Waals surface area (Å²) in [6.45, 7) is 1.23. The zero-order valence-corrected chi connectivity index (χ0v) is 8.67. The summed E-state index contributed by atoms with van der Waals surface area (Å²) < 4.78 is 12.1. The number of aliphatic hydroxyl groups is 1. The van der Waals surface area contributed by atoms with Crippen LogP contribution in [0.3, 0.4) is 0 Å². The molecule has 1 atom stereocenters. The summed E-state index contributed by atoms with van der Waals surface area (Å²) in [5.74, 6) is 0. The molecule has 1 fully saturated rings. The predicted molar refractivity (Wildman–Crippen MR) is 51.0 cm³/mol. The molecule has 1 N–H and O–H groups in total. The average molecular weight is 213 g/mol. The number of hydrogen-bond acceptors (Lipinski definition) is 5. The molecule has 1 saturated heterocycles. The highest BCUT2D eigenvalue weighted by molar-refractivity contribution is 4.94. The van der Waals surface area contributed by atoms with Crippen molar-refractivity contribution in [3.63, 3.8) is 0 Å². The molecule has 1 aromatic heterocycles. The highest BCUT2D eigenvalue weighted by atomic mass is 16.7. The molecule has 2 rings (SSSR count). The van der Waals surface area contributed by atoms with E-state index in [0.717, 1.165) is 5.69 Å². The maximum absolute atomic E-state index is 9.74. The van der Waals surface area contributed by atoms with E-state index in [1.165, 1.54) is 0 Å². The first-order chi connectivity index (χ1) is 7.24. The summed E-state index contributed by atoms with van der Waals surface area (Å²) in [4.78, 5) is 0. The van der Waals surface area contributed by atoms with E-state index in [0.29, 0.717) is 26.1 Å². The third-order valence-corrected chi connectivity index (χ3v) is 2.25. The highest BCUT2D eigenvalue weighted by Crippen LogP contribution is 2.12. The third-order valence-electron chi connectivity index (χ3n) is 2.25. The maximum atomic E-state index is 9.74. The van der Waals surface area contributed by atoms with Crippen LogP contribution in [0.4, 0.5) is 0 Å². The normalized spacial score (nSPS) is 19.6. The van der Waals surface area contributed by atoms with Gasteiger partial charge in [0.05, 0.1) is 25.0 Å². The van der Waals surface area contributed by atoms with Crippen molar-refractivity contribution < 1.29 is 14.6 Å². The average Bonchev–Trinajstić information content (AvgIpc) is 2.77. The van der Waals surface area contributed by atoms with Crippen molar-refractivity contribution in [3.05, 3.63) is 11.9 Å². The Morgan fingerprint density at radius 1 is 1.60 bits per heavy atom. The zero-order chi connectivity index (χ0) is 10.7. The lowest BCUT2D eigenvalue weighted by Gasteiger charge is -2.13. The van der Waals surface area contributed by atoms with Gasteiger partial charge in [0.25, 0.3) is 0 Å². The van der Waals surface area contributed by atoms with Crippen molar-refractivity contribution in [3.8, 4) is 0 Å². The van der Waals surface area contributed by atoms with Gasteiger partial charge in [0.15, 0.2) is 6.29 Å². The Morgan fingerprint density at radius 3 is 2.93 bits per heavy atom. The van der Waals surface area contributed by atoms with E-state index in [2.05, 4.69) is 10.3 Å². The summed E-state index contributed by atoms with van der Waals surface area (Å²) in [5, 5.41) is 17.4. The van der Waals surface area contributed by atoms with Crippen LogP contribution < -0.4 is 0 Å². The second-order valence-electron chi connectivity index (χ2n) is 3.65. The number of aliphatic hydroxyl groups excluding tert-OH is 1. The Labute approximate surface area is 87.8 Å². The molecule has 6 heteroatoms. The summed E-state index contributed by atoms with van der Waals surface area (Å²) in [6, 6.07) is 0. The molecule has 2 heterocycles. The molecule has 0 bridgehead atoms. The van der Waals surface area contributed by atoms with Crippen LogP contribution in [0.15, 0.2) is 6.20 Å². The van der Waals surface area contributed by atoms with Crippen LogP contribution in [-0.2, 0) is 22.9 Å². The van der Waals surface area contributed by atoms with Crippen molar-refractivity contribution in [1.82, 2.24) is 15.0 Å². The minimum absolute atomic E-state index is 0.267. The highest BCUT2D eigenvalue weighted by Gasteiger charge is 2.20. The molecule has 0 aromatic carbocycles. The Balaban J connectivity index is 1.78. The van der Waals surface area contributed by atoms with Gasteiger partial charge < -0.3 is 14.6 Å². The van der Waals surface area contributed by atoms with Crippen LogP contribution in [0.1, 0.15) is 12.1 Å². The van der Waals surface area contributed by atoms with Gasteiger partial charge in [-0.25, -0.2) is 0 Å². The van der Waals surface area contributed by atoms with Gasteiger partial charge in [0.2, 0.25) is 0 Å². The van der Waals surface area contributed by atoms with Gasteiger partial charge in [-0.2, -0.15) is 0 Å². The van der Waals surface area contributed by atoms with E-state index in [4.69, 9.17) is 9.47 Å². The molecule has 1 aliphatic heterocycles. The monoisotopic (exact) mass is 213 g/mol. The number of ether oxygens (including phenoxy) is 2. The first-order valence-electron chi connectivity index (χ1n) is 5.00. The lowest BCUT2D eigenvalue weighted by Crippen LogP contribution is -2.20. The van der Waals surface area contributed by atoms with Gasteiger partial charge in [-0.05, 0) is 0 Å². The molecular weight excluding hydrogens is 198 g/mol. The maximum Gasteiger partial charge on any atom is 0.160 e. The summed E-state index contributed by atoms with van der Waals surface area (Å²) in [6.07, 6.45) is 1.99. The standard InChI is InChI=1S/C9H15N3O3/c1-12-6-7(10-11-12)4-8(13)5-9-14-2-3-15-9/h6,8-9,13H,2-5H2,1H3. The third kappa shape index (κ3) is 2.98. The number of rotatable bonds is 4. The van der Waals surface area contributed by atoms with E-state index in [1.807, 2.05) is 0 Å². The van der Waals surface area contributed by atoms with Gasteiger partial charge in [0.1, 0.15) is 0 Å². The van der Waals surface area contributed by atoms with Gasteiger partial charge in [-0.1, -0.05) is 5.21 Å². The van der Waals surface area contributed by atoms with E-state index >= 15 is 0 Å². The van der Waals surface area contributed by atoms with Crippen molar-refractivity contribution in [2.45, 2.75) is 25.2 Å². The summed E-state index contributed by atoms with van der Waals surface area (Å²) in [7, 11) is 1.80. The first kappa shape index (κ1) is 10.5. The molecule has 0 amide bonds. The van der Waals surface area contributed by atoms with E-state index < -0.39 is 6.10 Å². The van der Waals surface area contributed by atoms with Gasteiger partial charge in [-0.15, -0.1) is 5.10 Å². The summed E-state index contributed by atoms with van der Waals surface area (Å²) >= 11 is 0. The molecule has 1 unspecified atom stereocenters.